The molecule has 8 aromatic rings. The predicted molar refractivity (Wildman–Crippen MR) is 231 cm³/mol. The summed E-state index contributed by atoms with van der Waals surface area (Å²) in [6, 6.07) is 72.1. The van der Waals surface area contributed by atoms with E-state index in [4.69, 9.17) is 9.98 Å². The molecule has 0 bridgehead atoms. The van der Waals surface area contributed by atoms with Gasteiger partial charge in [-0.15, -0.1) is 0 Å². The maximum Gasteiger partial charge on any atom is 0.160 e. The lowest BCUT2D eigenvalue weighted by Gasteiger charge is -2.40. The fraction of sp³-hybridized carbons (Fsp3) is 0.0385. The van der Waals surface area contributed by atoms with Crippen LogP contribution in [0.25, 0.3) is 33.4 Å². The Morgan fingerprint density at radius 1 is 0.411 bits per heavy atom. The smallest absolute Gasteiger partial charge is 0.160 e. The van der Waals surface area contributed by atoms with Gasteiger partial charge in [-0.2, -0.15) is 0 Å². The van der Waals surface area contributed by atoms with E-state index in [2.05, 4.69) is 199 Å². The van der Waals surface area contributed by atoms with E-state index in [0.29, 0.717) is 5.84 Å². The van der Waals surface area contributed by atoms with Crippen LogP contribution in [0.15, 0.2) is 220 Å². The standard InChI is InChI=1S/C52H35N3S/c1-3-17-34(18-4-1)37-21-7-9-25-41(37)50-53-49(35-19-5-2-6-20-35)54-51(55-50)42-26-10-8-22-38(42)36-31-32-48-46(33-36)52(45-29-15-16-30-47(45)56-48)43-27-13-11-23-39(43)40-24-12-14-28-44(40)52/h1-33,49H,(H,53,54,55). The minimum atomic E-state index is -0.449. The van der Waals surface area contributed by atoms with Gasteiger partial charge in [0.05, 0.1) is 5.41 Å². The summed E-state index contributed by atoms with van der Waals surface area (Å²) in [4.78, 5) is 13.2. The van der Waals surface area contributed by atoms with Crippen LogP contribution in [0, 0.1) is 0 Å². The zero-order valence-electron chi connectivity index (χ0n) is 30.4. The summed E-state index contributed by atoms with van der Waals surface area (Å²) in [6.07, 6.45) is -0.318. The van der Waals surface area contributed by atoms with Gasteiger partial charge < -0.3 is 5.32 Å². The van der Waals surface area contributed by atoms with Crippen molar-refractivity contribution < 1.29 is 0 Å². The van der Waals surface area contributed by atoms with Crippen LogP contribution in [0.2, 0.25) is 0 Å². The normalized spacial score (nSPS) is 15.8. The molecule has 0 fully saturated rings. The molecule has 56 heavy (non-hydrogen) atoms. The Bertz CT molecular complexity index is 2830. The third-order valence-corrected chi connectivity index (χ3v) is 12.6. The van der Waals surface area contributed by atoms with Crippen LogP contribution in [0.4, 0.5) is 0 Å². The van der Waals surface area contributed by atoms with Gasteiger partial charge in [-0.05, 0) is 79.4 Å². The molecule has 8 aromatic carbocycles. The van der Waals surface area contributed by atoms with Crippen LogP contribution in [0.3, 0.4) is 0 Å². The van der Waals surface area contributed by atoms with Gasteiger partial charge in [0.25, 0.3) is 0 Å². The summed E-state index contributed by atoms with van der Waals surface area (Å²) >= 11 is 1.87. The quantitative estimate of drug-likeness (QED) is 0.191. The first-order chi connectivity index (χ1) is 27.8. The maximum atomic E-state index is 5.37. The fourth-order valence-corrected chi connectivity index (χ4v) is 10.2. The van der Waals surface area contributed by atoms with E-state index in [-0.39, 0.29) is 6.17 Å². The highest BCUT2D eigenvalue weighted by Crippen LogP contribution is 2.62. The molecule has 0 radical (unpaired) electrons. The molecule has 0 aromatic heterocycles. The van der Waals surface area contributed by atoms with Gasteiger partial charge in [-0.3, -0.25) is 0 Å². The molecule has 3 aliphatic rings. The zero-order chi connectivity index (χ0) is 37.1. The van der Waals surface area contributed by atoms with Crippen molar-refractivity contribution >= 4 is 23.4 Å². The SMILES string of the molecule is c1ccc(-c2ccccc2C2=NC(c3ccccc3)NC(c3ccccc3-c3ccc4c(c3)C3(c5ccccc5S4)c4ccccc4-c4ccccc43)=N2)cc1. The third-order valence-electron chi connectivity index (χ3n) is 11.5. The monoisotopic (exact) mass is 733 g/mol. The van der Waals surface area contributed by atoms with Crippen LogP contribution in [-0.4, -0.2) is 11.7 Å². The van der Waals surface area contributed by atoms with E-state index in [1.165, 1.54) is 43.2 Å². The first-order valence-electron chi connectivity index (χ1n) is 19.1. The fourth-order valence-electron chi connectivity index (χ4n) is 9.02. The Morgan fingerprint density at radius 2 is 0.929 bits per heavy atom. The number of nitrogens with zero attached hydrogens (tertiary/aromatic N) is 2. The summed E-state index contributed by atoms with van der Waals surface area (Å²) in [5.74, 6) is 1.50. The Balaban J connectivity index is 1.10. The first kappa shape index (κ1) is 32.7. The van der Waals surface area contributed by atoms with Crippen molar-refractivity contribution in [2.75, 3.05) is 0 Å². The van der Waals surface area contributed by atoms with Gasteiger partial charge in [0.2, 0.25) is 0 Å². The molecule has 0 amide bonds. The molecule has 3 nitrogen and oxygen atoms in total. The summed E-state index contributed by atoms with van der Waals surface area (Å²) in [5, 5.41) is 3.76. The molecule has 1 unspecified atom stereocenters. The third kappa shape index (κ3) is 5.07. The molecule has 1 N–H and O–H groups in total. The highest BCUT2D eigenvalue weighted by molar-refractivity contribution is 7.99. The van der Waals surface area contributed by atoms with Crippen LogP contribution in [0.1, 0.15) is 45.1 Å². The van der Waals surface area contributed by atoms with Gasteiger partial charge >= 0.3 is 0 Å². The summed E-state index contributed by atoms with van der Waals surface area (Å²) in [5.41, 5.74) is 15.1. The van der Waals surface area contributed by atoms with E-state index in [1.807, 2.05) is 17.8 Å². The Labute approximate surface area is 331 Å². The van der Waals surface area contributed by atoms with E-state index in [1.54, 1.807) is 0 Å². The van der Waals surface area contributed by atoms with Crippen molar-refractivity contribution in [2.45, 2.75) is 21.4 Å². The highest BCUT2D eigenvalue weighted by Gasteiger charge is 2.50. The van der Waals surface area contributed by atoms with E-state index in [0.717, 1.165) is 44.8 Å². The largest absolute Gasteiger partial charge is 0.344 e. The number of hydrogen-bond acceptors (Lipinski definition) is 4. The predicted octanol–water partition coefficient (Wildman–Crippen LogP) is 12.3. The molecule has 2 heterocycles. The van der Waals surface area contributed by atoms with Gasteiger partial charge in [0.1, 0.15) is 12.0 Å². The van der Waals surface area contributed by atoms with E-state index in [9.17, 15) is 0 Å². The van der Waals surface area contributed by atoms with Gasteiger partial charge in [-0.1, -0.05) is 194 Å². The average Bonchev–Trinajstić information content (AvgIpc) is 3.57. The molecule has 2 aliphatic heterocycles. The molecule has 11 rings (SSSR count). The molecule has 0 saturated carbocycles. The average molecular weight is 734 g/mol. The number of fused-ring (bicyclic) bond motifs is 9. The summed E-state index contributed by atoms with van der Waals surface area (Å²) < 4.78 is 0. The number of rotatable bonds is 5. The van der Waals surface area contributed by atoms with Crippen molar-refractivity contribution in [3.63, 3.8) is 0 Å². The molecular weight excluding hydrogens is 699 g/mol. The van der Waals surface area contributed by atoms with Crippen molar-refractivity contribution in [1.82, 2.24) is 5.32 Å². The minimum Gasteiger partial charge on any atom is -0.344 e. The molecule has 4 heteroatoms. The van der Waals surface area contributed by atoms with E-state index < -0.39 is 5.41 Å². The zero-order valence-corrected chi connectivity index (χ0v) is 31.2. The van der Waals surface area contributed by atoms with E-state index >= 15 is 0 Å². The van der Waals surface area contributed by atoms with Crippen LogP contribution in [-0.2, 0) is 5.41 Å². The van der Waals surface area contributed by atoms with Crippen LogP contribution >= 0.6 is 11.8 Å². The number of nitrogens with one attached hydrogen (secondary N) is 1. The van der Waals surface area contributed by atoms with Crippen molar-refractivity contribution in [3.8, 4) is 33.4 Å². The molecule has 1 atom stereocenters. The second kappa shape index (κ2) is 13.2. The molecule has 1 aliphatic carbocycles. The summed E-state index contributed by atoms with van der Waals surface area (Å²) in [6.45, 7) is 0. The number of aliphatic imine (C=N–C) groups is 2. The van der Waals surface area contributed by atoms with Gasteiger partial charge in [-0.25, -0.2) is 9.98 Å². The van der Waals surface area contributed by atoms with Gasteiger partial charge in [0, 0.05) is 20.9 Å². The van der Waals surface area contributed by atoms with Crippen molar-refractivity contribution in [3.05, 3.63) is 239 Å². The number of amidine groups is 2. The molecule has 1 spiro atoms. The number of hydrogen-bond donors (Lipinski definition) is 1. The lowest BCUT2D eigenvalue weighted by molar-refractivity contribution is 0.674. The first-order valence-corrected chi connectivity index (χ1v) is 19.9. The molecular formula is C52H35N3S. The Kier molecular flexibility index (Phi) is 7.71. The van der Waals surface area contributed by atoms with Crippen molar-refractivity contribution in [1.29, 1.82) is 0 Å². The topological polar surface area (TPSA) is 36.8 Å². The summed E-state index contributed by atoms with van der Waals surface area (Å²) in [7, 11) is 0. The lowest BCUT2D eigenvalue weighted by atomic mass is 9.67. The highest BCUT2D eigenvalue weighted by atomic mass is 32.2. The molecule has 0 saturated heterocycles. The Hall–Kier alpha value is -6.75. The minimum absolute atomic E-state index is 0.318. The van der Waals surface area contributed by atoms with Crippen LogP contribution < -0.4 is 5.32 Å². The van der Waals surface area contributed by atoms with Crippen molar-refractivity contribution in [2.24, 2.45) is 9.98 Å². The molecule has 264 valence electrons. The second-order valence-electron chi connectivity index (χ2n) is 14.5. The second-order valence-corrected chi connectivity index (χ2v) is 15.6. The maximum absolute atomic E-state index is 5.37. The Morgan fingerprint density at radius 3 is 1.62 bits per heavy atom. The van der Waals surface area contributed by atoms with Crippen LogP contribution in [0.5, 0.6) is 0 Å². The lowest BCUT2D eigenvalue weighted by Crippen LogP contribution is -2.34. The number of benzene rings is 8. The van der Waals surface area contributed by atoms with Gasteiger partial charge in [0.15, 0.2) is 5.84 Å².